The summed E-state index contributed by atoms with van der Waals surface area (Å²) in [6.07, 6.45) is 4.56. The van der Waals surface area contributed by atoms with Crippen molar-refractivity contribution in [3.8, 4) is 0 Å². The van der Waals surface area contributed by atoms with E-state index < -0.39 is 8.07 Å². The molecule has 0 nitrogen and oxygen atoms in total. The number of rotatable bonds is 3. The Hall–Kier alpha value is -0.303. The lowest BCUT2D eigenvalue weighted by Crippen LogP contribution is -2.33. The van der Waals surface area contributed by atoms with Crippen LogP contribution in [0, 0.1) is 0 Å². The topological polar surface area (TPSA) is 0 Å². The van der Waals surface area contributed by atoms with E-state index in [0.29, 0.717) is 0 Å². The van der Waals surface area contributed by atoms with E-state index in [1.165, 1.54) is 6.04 Å². The molecule has 0 fully saturated rings. The van der Waals surface area contributed by atoms with Crippen LogP contribution in [-0.4, -0.2) is 8.07 Å². The Bertz CT molecular complexity index is 181. The molecule has 0 spiro atoms. The molecule has 0 unspecified atom stereocenters. The summed E-state index contributed by atoms with van der Waals surface area (Å²) in [4.78, 5) is 0. The van der Waals surface area contributed by atoms with E-state index in [1.54, 1.807) is 10.4 Å². The highest BCUT2D eigenvalue weighted by Gasteiger charge is 2.27. The molecule has 0 aliphatic carbocycles. The van der Waals surface area contributed by atoms with E-state index in [2.05, 4.69) is 53.3 Å². The lowest BCUT2D eigenvalue weighted by atomic mass is 10.6. The van der Waals surface area contributed by atoms with Crippen molar-refractivity contribution < 1.29 is 0 Å². The van der Waals surface area contributed by atoms with Crippen molar-refractivity contribution in [2.75, 3.05) is 0 Å². The second-order valence-corrected chi connectivity index (χ2v) is 8.58. The summed E-state index contributed by atoms with van der Waals surface area (Å²) in [6, 6.07) is 1.32. The van der Waals surface area contributed by atoms with E-state index >= 15 is 0 Å². The lowest BCUT2D eigenvalue weighted by molar-refractivity contribution is 1.30. The van der Waals surface area contributed by atoms with Gasteiger partial charge in [0.15, 0.2) is 0 Å². The molecule has 0 aromatic rings. The number of hydrogen-bond donors (Lipinski definition) is 0. The highest BCUT2D eigenvalue weighted by molar-refractivity contribution is 6.91. The van der Waals surface area contributed by atoms with Crippen LogP contribution < -0.4 is 0 Å². The first-order valence-corrected chi connectivity index (χ1v) is 7.50. The van der Waals surface area contributed by atoms with Crippen molar-refractivity contribution in [2.24, 2.45) is 0 Å². The van der Waals surface area contributed by atoms with Gasteiger partial charge in [0, 0.05) is 0 Å². The first-order valence-electron chi connectivity index (χ1n) is 4.79. The van der Waals surface area contributed by atoms with Crippen molar-refractivity contribution in [2.45, 2.75) is 47.2 Å². The van der Waals surface area contributed by atoms with Gasteiger partial charge in [-0.05, 0) is 27.7 Å². The van der Waals surface area contributed by atoms with Gasteiger partial charge < -0.3 is 0 Å². The Morgan fingerprint density at radius 2 is 1.42 bits per heavy atom. The van der Waals surface area contributed by atoms with Gasteiger partial charge in [-0.1, -0.05) is 42.1 Å². The monoisotopic (exact) mass is 182 g/mol. The molecule has 0 aliphatic heterocycles. The minimum atomic E-state index is -1.21. The van der Waals surface area contributed by atoms with Gasteiger partial charge in [-0.15, -0.1) is 0 Å². The van der Waals surface area contributed by atoms with Crippen LogP contribution in [-0.2, 0) is 0 Å². The fourth-order valence-electron chi connectivity index (χ4n) is 1.51. The van der Waals surface area contributed by atoms with E-state index in [9.17, 15) is 0 Å². The molecular weight excluding hydrogens is 160 g/mol. The molecule has 0 radical (unpaired) electrons. The molecule has 0 bridgehead atoms. The third kappa shape index (κ3) is 2.10. The molecule has 0 saturated heterocycles. The summed E-state index contributed by atoms with van der Waals surface area (Å²) >= 11 is 0. The second-order valence-electron chi connectivity index (χ2n) is 3.63. The Kier molecular flexibility index (Phi) is 4.54. The lowest BCUT2D eigenvalue weighted by Gasteiger charge is -2.28. The number of hydrogen-bond acceptors (Lipinski definition) is 0. The van der Waals surface area contributed by atoms with Crippen LogP contribution in [0.1, 0.15) is 34.6 Å². The van der Waals surface area contributed by atoms with Crippen LogP contribution in [0.15, 0.2) is 22.5 Å². The van der Waals surface area contributed by atoms with Crippen molar-refractivity contribution in [3.63, 3.8) is 0 Å². The summed E-state index contributed by atoms with van der Waals surface area (Å²) in [5.74, 6) is 0. The SMILES string of the molecule is CC=C(C)[Si](C)(CC)C(C)=CC. The summed E-state index contributed by atoms with van der Waals surface area (Å²) in [5, 5.41) is 3.22. The predicted molar refractivity (Wildman–Crippen MR) is 61.0 cm³/mol. The van der Waals surface area contributed by atoms with Gasteiger partial charge in [0.25, 0.3) is 0 Å². The Balaban J connectivity index is 4.93. The van der Waals surface area contributed by atoms with Gasteiger partial charge in [-0.2, -0.15) is 0 Å². The van der Waals surface area contributed by atoms with Crippen molar-refractivity contribution >= 4 is 8.07 Å². The number of allylic oxidation sites excluding steroid dienone is 4. The fraction of sp³-hybridized carbons (Fsp3) is 0.636. The predicted octanol–water partition coefficient (Wildman–Crippen LogP) is 4.10. The Morgan fingerprint density at radius 3 is 1.58 bits per heavy atom. The molecule has 1 heteroatoms. The summed E-state index contributed by atoms with van der Waals surface area (Å²) in [5.41, 5.74) is 0. The molecule has 70 valence electrons. The summed E-state index contributed by atoms with van der Waals surface area (Å²) in [7, 11) is -1.21. The molecule has 0 rings (SSSR count). The summed E-state index contributed by atoms with van der Waals surface area (Å²) in [6.45, 7) is 13.6. The zero-order valence-corrected chi connectivity index (χ0v) is 10.4. The maximum atomic E-state index is 2.46. The molecule has 0 N–H and O–H groups in total. The average Bonchev–Trinajstić information content (AvgIpc) is 2.13. The first-order chi connectivity index (χ1) is 5.52. The molecule has 12 heavy (non-hydrogen) atoms. The largest absolute Gasteiger partial charge is 0.104 e. The van der Waals surface area contributed by atoms with Crippen molar-refractivity contribution in [1.29, 1.82) is 0 Å². The molecule has 0 aromatic carbocycles. The second kappa shape index (κ2) is 4.66. The van der Waals surface area contributed by atoms with Gasteiger partial charge in [0.1, 0.15) is 8.07 Å². The summed E-state index contributed by atoms with van der Waals surface area (Å²) < 4.78 is 0. The van der Waals surface area contributed by atoms with Crippen molar-refractivity contribution in [1.82, 2.24) is 0 Å². The highest BCUT2D eigenvalue weighted by Crippen LogP contribution is 2.26. The van der Waals surface area contributed by atoms with Gasteiger partial charge in [-0.25, -0.2) is 0 Å². The maximum absolute atomic E-state index is 2.46. The Labute approximate surface area is 78.4 Å². The maximum Gasteiger partial charge on any atom is 0.104 e. The fourth-order valence-corrected chi connectivity index (χ4v) is 4.52. The normalized spacial score (nSPS) is 19.2. The highest BCUT2D eigenvalue weighted by atomic mass is 28.3. The molecule has 0 heterocycles. The van der Waals surface area contributed by atoms with Crippen LogP contribution >= 0.6 is 0 Å². The van der Waals surface area contributed by atoms with E-state index in [4.69, 9.17) is 0 Å². The standard InChI is InChI=1S/C11H22Si/c1-7-10(4)12(6,9-3)11(5)8-2/h7-8H,9H2,1-6H3. The van der Waals surface area contributed by atoms with Gasteiger partial charge >= 0.3 is 0 Å². The molecule has 0 atom stereocenters. The van der Waals surface area contributed by atoms with E-state index in [-0.39, 0.29) is 0 Å². The van der Waals surface area contributed by atoms with E-state index in [0.717, 1.165) is 0 Å². The van der Waals surface area contributed by atoms with Crippen LogP contribution in [0.3, 0.4) is 0 Å². The zero-order valence-electron chi connectivity index (χ0n) is 9.36. The van der Waals surface area contributed by atoms with Crippen molar-refractivity contribution in [3.05, 3.63) is 22.5 Å². The van der Waals surface area contributed by atoms with Gasteiger partial charge in [0.2, 0.25) is 0 Å². The molecular formula is C11H22Si. The van der Waals surface area contributed by atoms with Crippen LogP contribution in [0.25, 0.3) is 0 Å². The van der Waals surface area contributed by atoms with E-state index in [1.807, 2.05) is 0 Å². The van der Waals surface area contributed by atoms with Gasteiger partial charge in [-0.3, -0.25) is 0 Å². The van der Waals surface area contributed by atoms with Gasteiger partial charge in [0.05, 0.1) is 0 Å². The quantitative estimate of drug-likeness (QED) is 0.577. The molecule has 0 amide bonds. The zero-order chi connectivity index (χ0) is 9.78. The third-order valence-corrected chi connectivity index (χ3v) is 8.79. The first kappa shape index (κ1) is 11.7. The smallest absolute Gasteiger partial charge is 0.0922 e. The minimum absolute atomic E-state index is 1.21. The van der Waals surface area contributed by atoms with Crippen LogP contribution in [0.2, 0.25) is 12.6 Å². The molecule has 0 saturated carbocycles. The molecule has 0 aromatic heterocycles. The Morgan fingerprint density at radius 1 is 1.08 bits per heavy atom. The average molecular weight is 182 g/mol. The third-order valence-electron chi connectivity index (χ3n) is 3.31. The van der Waals surface area contributed by atoms with Crippen LogP contribution in [0.5, 0.6) is 0 Å². The molecule has 0 aliphatic rings. The minimum Gasteiger partial charge on any atom is -0.0922 e. The van der Waals surface area contributed by atoms with Crippen LogP contribution in [0.4, 0.5) is 0 Å².